The van der Waals surface area contributed by atoms with E-state index in [9.17, 15) is 9.59 Å². The molecule has 9 heteroatoms. The number of H-pyrrole nitrogens is 1. The molecule has 0 aliphatic carbocycles. The lowest BCUT2D eigenvalue weighted by Crippen LogP contribution is -2.39. The number of anilines is 2. The van der Waals surface area contributed by atoms with E-state index in [0.717, 1.165) is 66.4 Å². The van der Waals surface area contributed by atoms with Crippen molar-refractivity contribution in [3.63, 3.8) is 0 Å². The van der Waals surface area contributed by atoms with Crippen molar-refractivity contribution in [1.29, 1.82) is 0 Å². The van der Waals surface area contributed by atoms with Gasteiger partial charge in [-0.05, 0) is 75.8 Å². The van der Waals surface area contributed by atoms with Crippen LogP contribution in [0.25, 0.3) is 5.69 Å². The molecule has 0 saturated carbocycles. The van der Waals surface area contributed by atoms with Crippen LogP contribution in [-0.2, 0) is 11.8 Å². The van der Waals surface area contributed by atoms with Crippen LogP contribution in [0.15, 0.2) is 54.6 Å². The Bertz CT molecular complexity index is 1530. The van der Waals surface area contributed by atoms with E-state index in [1.54, 1.807) is 4.68 Å². The third kappa shape index (κ3) is 6.56. The van der Waals surface area contributed by atoms with Crippen molar-refractivity contribution in [3.05, 3.63) is 88.4 Å². The molecule has 1 aliphatic heterocycles. The lowest BCUT2D eigenvalue weighted by Gasteiger charge is -2.32. The summed E-state index contributed by atoms with van der Waals surface area (Å²) < 4.78 is 1.78. The molecule has 0 unspecified atom stereocenters. The zero-order chi connectivity index (χ0) is 30.0. The molecule has 220 valence electrons. The number of likely N-dealkylation sites (tertiary alicyclic amines) is 1. The SMILES string of the molecule is Cc1ccc(-n2nc(C(C)(C)C)cc2NC(=O)Nc2ccc(CC3CCN(C(=O)c4c(C)n[nH]c4C)CC3)cc2)cc1. The van der Waals surface area contributed by atoms with Gasteiger partial charge < -0.3 is 10.2 Å². The van der Waals surface area contributed by atoms with Crippen LogP contribution in [-0.4, -0.2) is 49.9 Å². The minimum absolute atomic E-state index is 0.0717. The number of hydrogen-bond acceptors (Lipinski definition) is 4. The van der Waals surface area contributed by atoms with Crippen LogP contribution in [0.4, 0.5) is 16.3 Å². The lowest BCUT2D eigenvalue weighted by atomic mass is 9.90. The smallest absolute Gasteiger partial charge is 0.324 e. The number of piperidine rings is 1. The van der Waals surface area contributed by atoms with E-state index in [4.69, 9.17) is 5.10 Å². The Morgan fingerprint density at radius 2 is 1.62 bits per heavy atom. The second-order valence-electron chi connectivity index (χ2n) is 12.4. The molecule has 2 aromatic heterocycles. The molecular weight excluding hydrogens is 526 g/mol. The van der Waals surface area contributed by atoms with Crippen molar-refractivity contribution in [2.24, 2.45) is 5.92 Å². The van der Waals surface area contributed by atoms with Gasteiger partial charge in [0.1, 0.15) is 5.82 Å². The number of benzene rings is 2. The van der Waals surface area contributed by atoms with Crippen LogP contribution in [0.3, 0.4) is 0 Å². The van der Waals surface area contributed by atoms with Gasteiger partial charge in [-0.25, -0.2) is 9.48 Å². The average molecular weight is 568 g/mol. The number of aromatic amines is 1. The summed E-state index contributed by atoms with van der Waals surface area (Å²) in [6, 6.07) is 17.7. The highest BCUT2D eigenvalue weighted by molar-refractivity contribution is 5.99. The molecule has 5 rings (SSSR count). The minimum atomic E-state index is -0.323. The Balaban J connectivity index is 1.17. The third-order valence-electron chi connectivity index (χ3n) is 7.98. The fourth-order valence-corrected chi connectivity index (χ4v) is 5.42. The van der Waals surface area contributed by atoms with E-state index in [-0.39, 0.29) is 17.4 Å². The Morgan fingerprint density at radius 1 is 0.952 bits per heavy atom. The molecule has 9 nitrogen and oxygen atoms in total. The molecule has 3 N–H and O–H groups in total. The van der Waals surface area contributed by atoms with E-state index < -0.39 is 0 Å². The van der Waals surface area contributed by atoms with Gasteiger partial charge in [0.25, 0.3) is 5.91 Å². The van der Waals surface area contributed by atoms with Crippen LogP contribution in [0, 0.1) is 26.7 Å². The number of nitrogens with zero attached hydrogens (tertiary/aromatic N) is 4. The molecule has 3 amide bonds. The van der Waals surface area contributed by atoms with Gasteiger partial charge in [0.15, 0.2) is 0 Å². The van der Waals surface area contributed by atoms with Crippen LogP contribution in [0.2, 0.25) is 0 Å². The van der Waals surface area contributed by atoms with Gasteiger partial charge in [-0.1, -0.05) is 50.6 Å². The summed E-state index contributed by atoms with van der Waals surface area (Å²) in [5.41, 5.74) is 7.01. The standard InChI is InChI=1S/C33H41N7O2/c1-21-7-13-27(14-8-21)40-29(20-28(38-40)33(4,5)6)35-32(42)34-26-11-9-24(10-12-26)19-25-15-17-39(18-16-25)31(41)30-22(2)36-37-23(30)3/h7-14,20,25H,15-19H2,1-6H3,(H,36,37)(H2,34,35,42). The van der Waals surface area contributed by atoms with Crippen molar-refractivity contribution < 1.29 is 9.59 Å². The number of rotatable bonds is 6. The third-order valence-corrected chi connectivity index (χ3v) is 7.98. The Kier molecular flexibility index (Phi) is 8.20. The molecule has 0 atom stereocenters. The first-order chi connectivity index (χ1) is 20.0. The number of carbonyl (C=O) groups is 2. The number of carbonyl (C=O) groups excluding carboxylic acids is 2. The van der Waals surface area contributed by atoms with Crippen molar-refractivity contribution in [3.8, 4) is 5.69 Å². The number of nitrogens with one attached hydrogen (secondary N) is 3. The van der Waals surface area contributed by atoms with Gasteiger partial charge in [0.2, 0.25) is 0 Å². The van der Waals surface area contributed by atoms with Crippen LogP contribution in [0.5, 0.6) is 0 Å². The van der Waals surface area contributed by atoms with Gasteiger partial charge in [0, 0.05) is 36.0 Å². The number of amides is 3. The van der Waals surface area contributed by atoms with E-state index in [0.29, 0.717) is 17.3 Å². The summed E-state index contributed by atoms with van der Waals surface area (Å²) in [6.45, 7) is 13.6. The number of aromatic nitrogens is 4. The first kappa shape index (κ1) is 29.1. The van der Waals surface area contributed by atoms with Gasteiger partial charge in [0.05, 0.1) is 22.6 Å². The van der Waals surface area contributed by atoms with Crippen molar-refractivity contribution in [1.82, 2.24) is 24.9 Å². The maximum absolute atomic E-state index is 13.0. The van der Waals surface area contributed by atoms with Crippen LogP contribution in [0.1, 0.15) is 72.2 Å². The predicted molar refractivity (Wildman–Crippen MR) is 166 cm³/mol. The molecule has 0 spiro atoms. The molecule has 4 aromatic rings. The van der Waals surface area contributed by atoms with E-state index in [1.807, 2.05) is 68.1 Å². The second kappa shape index (κ2) is 11.8. The highest BCUT2D eigenvalue weighted by Crippen LogP contribution is 2.27. The molecule has 1 aliphatic rings. The first-order valence-electron chi connectivity index (χ1n) is 14.6. The van der Waals surface area contributed by atoms with Gasteiger partial charge in [-0.3, -0.25) is 15.2 Å². The van der Waals surface area contributed by atoms with Gasteiger partial charge in [-0.15, -0.1) is 0 Å². The van der Waals surface area contributed by atoms with Crippen LogP contribution >= 0.6 is 0 Å². The van der Waals surface area contributed by atoms with E-state index in [2.05, 4.69) is 53.7 Å². The second-order valence-corrected chi connectivity index (χ2v) is 12.4. The average Bonchev–Trinajstić information content (AvgIpc) is 3.53. The molecule has 0 bridgehead atoms. The molecular formula is C33H41N7O2. The van der Waals surface area contributed by atoms with E-state index >= 15 is 0 Å². The maximum Gasteiger partial charge on any atom is 0.324 e. The largest absolute Gasteiger partial charge is 0.339 e. The predicted octanol–water partition coefficient (Wildman–Crippen LogP) is 6.56. The Hall–Kier alpha value is -4.40. The van der Waals surface area contributed by atoms with Gasteiger partial charge >= 0.3 is 6.03 Å². The summed E-state index contributed by atoms with van der Waals surface area (Å²) in [7, 11) is 0. The fourth-order valence-electron chi connectivity index (χ4n) is 5.42. The quantitative estimate of drug-likeness (QED) is 0.245. The molecule has 1 saturated heterocycles. The van der Waals surface area contributed by atoms with Crippen molar-refractivity contribution >= 4 is 23.4 Å². The van der Waals surface area contributed by atoms with E-state index in [1.165, 1.54) is 5.56 Å². The number of urea groups is 1. The summed E-state index contributed by atoms with van der Waals surface area (Å²) in [4.78, 5) is 27.9. The summed E-state index contributed by atoms with van der Waals surface area (Å²) in [5.74, 6) is 1.20. The highest BCUT2D eigenvalue weighted by Gasteiger charge is 2.27. The highest BCUT2D eigenvalue weighted by atomic mass is 16.2. The first-order valence-corrected chi connectivity index (χ1v) is 14.6. The van der Waals surface area contributed by atoms with Crippen LogP contribution < -0.4 is 10.6 Å². The number of hydrogen-bond donors (Lipinski definition) is 3. The summed E-state index contributed by atoms with van der Waals surface area (Å²) in [6.07, 6.45) is 2.88. The zero-order valence-electron chi connectivity index (χ0n) is 25.4. The Labute approximate surface area is 247 Å². The summed E-state index contributed by atoms with van der Waals surface area (Å²) in [5, 5.41) is 17.8. The molecule has 42 heavy (non-hydrogen) atoms. The topological polar surface area (TPSA) is 108 Å². The molecule has 0 radical (unpaired) electrons. The molecule has 1 fully saturated rings. The van der Waals surface area contributed by atoms with Crippen molar-refractivity contribution in [2.45, 2.75) is 66.2 Å². The monoisotopic (exact) mass is 567 g/mol. The fraction of sp³-hybridized carbons (Fsp3) is 0.394. The maximum atomic E-state index is 13.0. The minimum Gasteiger partial charge on any atom is -0.339 e. The summed E-state index contributed by atoms with van der Waals surface area (Å²) >= 11 is 0. The van der Waals surface area contributed by atoms with Gasteiger partial charge in [-0.2, -0.15) is 10.2 Å². The zero-order valence-corrected chi connectivity index (χ0v) is 25.4. The molecule has 3 heterocycles. The number of aryl methyl sites for hydroxylation is 3. The molecule has 2 aromatic carbocycles. The van der Waals surface area contributed by atoms with Crippen molar-refractivity contribution in [2.75, 3.05) is 23.7 Å². The lowest BCUT2D eigenvalue weighted by molar-refractivity contribution is 0.0689. The normalized spacial score (nSPS) is 14.2. The Morgan fingerprint density at radius 3 is 2.21 bits per heavy atom.